The lowest BCUT2D eigenvalue weighted by atomic mass is 10.1. The molecule has 4 aromatic rings. The summed E-state index contributed by atoms with van der Waals surface area (Å²) >= 11 is 0. The lowest BCUT2D eigenvalue weighted by Crippen LogP contribution is -2.48. The van der Waals surface area contributed by atoms with Crippen molar-refractivity contribution in [3.8, 4) is 17.2 Å². The minimum atomic E-state index is -0.410. The van der Waals surface area contributed by atoms with Gasteiger partial charge >= 0.3 is 0 Å². The molecule has 1 aromatic heterocycles. The Morgan fingerprint density at radius 1 is 0.789 bits per heavy atom. The fourth-order valence-corrected chi connectivity index (χ4v) is 4.55. The van der Waals surface area contributed by atoms with E-state index in [1.54, 1.807) is 36.3 Å². The number of para-hydroxylation sites is 1. The van der Waals surface area contributed by atoms with Crippen molar-refractivity contribution < 1.29 is 28.2 Å². The second-order valence-electron chi connectivity index (χ2n) is 8.84. The molecule has 1 fully saturated rings. The third kappa shape index (κ3) is 4.95. The van der Waals surface area contributed by atoms with Crippen molar-refractivity contribution in [2.45, 2.75) is 0 Å². The molecule has 1 aliphatic heterocycles. The van der Waals surface area contributed by atoms with Crippen LogP contribution in [0.15, 0.2) is 71.1 Å². The lowest BCUT2D eigenvalue weighted by molar-refractivity contribution is 0.0718. The number of rotatable bonds is 7. The van der Waals surface area contributed by atoms with Crippen LogP contribution in [-0.2, 0) is 0 Å². The van der Waals surface area contributed by atoms with Gasteiger partial charge in [0.05, 0.1) is 21.3 Å². The van der Waals surface area contributed by atoms with Crippen LogP contribution in [0.1, 0.15) is 20.9 Å². The quantitative estimate of drug-likeness (QED) is 0.382. The van der Waals surface area contributed by atoms with Gasteiger partial charge in [-0.3, -0.25) is 9.59 Å². The van der Waals surface area contributed by atoms with Crippen molar-refractivity contribution in [3.63, 3.8) is 0 Å². The Balaban J connectivity index is 1.38. The monoisotopic (exact) mass is 515 g/mol. The van der Waals surface area contributed by atoms with Gasteiger partial charge in [-0.2, -0.15) is 0 Å². The Kier molecular flexibility index (Phi) is 7.08. The summed E-state index contributed by atoms with van der Waals surface area (Å²) in [6.07, 6.45) is 0. The number of anilines is 2. The Hall–Kier alpha value is -4.66. The van der Waals surface area contributed by atoms with Gasteiger partial charge in [-0.05, 0) is 48.5 Å². The minimum absolute atomic E-state index is 0.104. The molecular formula is C29H29N3O6. The first-order valence-corrected chi connectivity index (χ1v) is 12.2. The first-order valence-electron chi connectivity index (χ1n) is 12.2. The van der Waals surface area contributed by atoms with Gasteiger partial charge in [-0.15, -0.1) is 0 Å². The third-order valence-corrected chi connectivity index (χ3v) is 6.65. The molecule has 0 spiro atoms. The number of carbonyl (C=O) groups excluding carboxylic acids is 2. The molecule has 38 heavy (non-hydrogen) atoms. The number of benzene rings is 3. The van der Waals surface area contributed by atoms with Crippen molar-refractivity contribution in [1.29, 1.82) is 0 Å². The molecule has 1 aliphatic rings. The molecule has 9 nitrogen and oxygen atoms in total. The summed E-state index contributed by atoms with van der Waals surface area (Å²) in [7, 11) is 4.68. The highest BCUT2D eigenvalue weighted by Gasteiger charge is 2.29. The van der Waals surface area contributed by atoms with E-state index in [1.807, 2.05) is 42.5 Å². The van der Waals surface area contributed by atoms with Gasteiger partial charge in [0.15, 0.2) is 0 Å². The molecule has 3 aromatic carbocycles. The minimum Gasteiger partial charge on any atom is -0.497 e. The molecule has 1 saturated heterocycles. The van der Waals surface area contributed by atoms with Gasteiger partial charge in [0.25, 0.3) is 11.8 Å². The fraction of sp³-hybridized carbons (Fsp3) is 0.241. The molecule has 5 rings (SSSR count). The second kappa shape index (κ2) is 10.8. The average molecular weight is 516 g/mol. The van der Waals surface area contributed by atoms with Crippen LogP contribution in [0.4, 0.5) is 11.4 Å². The number of methoxy groups -OCH3 is 3. The van der Waals surface area contributed by atoms with Crippen LogP contribution in [0.3, 0.4) is 0 Å². The van der Waals surface area contributed by atoms with Crippen LogP contribution in [0.25, 0.3) is 11.0 Å². The van der Waals surface area contributed by atoms with Crippen molar-refractivity contribution >= 4 is 34.2 Å². The highest BCUT2D eigenvalue weighted by Crippen LogP contribution is 2.33. The van der Waals surface area contributed by atoms with Gasteiger partial charge < -0.3 is 33.7 Å². The zero-order valence-corrected chi connectivity index (χ0v) is 21.5. The molecule has 0 saturated carbocycles. The Labute approximate surface area is 220 Å². The Bertz CT molecular complexity index is 1430. The van der Waals surface area contributed by atoms with E-state index in [9.17, 15) is 9.59 Å². The molecule has 9 heteroatoms. The summed E-state index contributed by atoms with van der Waals surface area (Å²) < 4.78 is 21.8. The molecule has 0 radical (unpaired) electrons. The summed E-state index contributed by atoms with van der Waals surface area (Å²) in [4.78, 5) is 30.9. The largest absolute Gasteiger partial charge is 0.497 e. The number of amides is 2. The Morgan fingerprint density at radius 3 is 2.05 bits per heavy atom. The van der Waals surface area contributed by atoms with Gasteiger partial charge in [0.2, 0.25) is 5.76 Å². The standard InChI is InChI=1S/C29H29N3O6/c1-35-21-10-8-20(9-11-21)31-12-14-32(15-13-31)29(34)27-26(24-6-4-5-7-25(24)38-27)30-28(33)19-16-22(36-2)18-23(17-19)37-3/h4-11,16-18H,12-15H2,1-3H3,(H,30,33). The number of hydrogen-bond acceptors (Lipinski definition) is 7. The van der Waals surface area contributed by atoms with Crippen molar-refractivity contribution in [1.82, 2.24) is 4.90 Å². The van der Waals surface area contributed by atoms with E-state index in [-0.39, 0.29) is 11.7 Å². The van der Waals surface area contributed by atoms with Gasteiger partial charge in [0, 0.05) is 48.9 Å². The molecule has 1 N–H and O–H groups in total. The average Bonchev–Trinajstić information content (AvgIpc) is 3.34. The molecule has 0 bridgehead atoms. The van der Waals surface area contributed by atoms with Gasteiger partial charge in [-0.1, -0.05) is 12.1 Å². The van der Waals surface area contributed by atoms with Crippen LogP contribution in [0.5, 0.6) is 17.2 Å². The maximum absolute atomic E-state index is 13.6. The van der Waals surface area contributed by atoms with E-state index in [2.05, 4.69) is 10.2 Å². The number of ether oxygens (including phenoxy) is 3. The lowest BCUT2D eigenvalue weighted by Gasteiger charge is -2.35. The van der Waals surface area contributed by atoms with Crippen LogP contribution >= 0.6 is 0 Å². The van der Waals surface area contributed by atoms with Crippen molar-refractivity contribution in [2.75, 3.05) is 57.7 Å². The van der Waals surface area contributed by atoms with Crippen LogP contribution < -0.4 is 24.4 Å². The van der Waals surface area contributed by atoms with Gasteiger partial charge in [-0.25, -0.2) is 0 Å². The van der Waals surface area contributed by atoms with E-state index in [4.69, 9.17) is 18.6 Å². The number of nitrogens with one attached hydrogen (secondary N) is 1. The van der Waals surface area contributed by atoms with E-state index < -0.39 is 5.91 Å². The van der Waals surface area contributed by atoms with E-state index in [1.165, 1.54) is 14.2 Å². The second-order valence-corrected chi connectivity index (χ2v) is 8.84. The zero-order chi connectivity index (χ0) is 26.6. The highest BCUT2D eigenvalue weighted by atomic mass is 16.5. The fourth-order valence-electron chi connectivity index (χ4n) is 4.55. The smallest absolute Gasteiger partial charge is 0.291 e. The summed E-state index contributed by atoms with van der Waals surface area (Å²) in [5, 5.41) is 3.55. The maximum Gasteiger partial charge on any atom is 0.291 e. The zero-order valence-electron chi connectivity index (χ0n) is 21.5. The van der Waals surface area contributed by atoms with Crippen molar-refractivity contribution in [3.05, 3.63) is 78.1 Å². The summed E-state index contributed by atoms with van der Waals surface area (Å²) in [6.45, 7) is 2.37. The summed E-state index contributed by atoms with van der Waals surface area (Å²) in [5.74, 6) is 1.19. The summed E-state index contributed by atoms with van der Waals surface area (Å²) in [6, 6.07) is 20.0. The molecule has 0 atom stereocenters. The van der Waals surface area contributed by atoms with E-state index in [0.717, 1.165) is 11.4 Å². The third-order valence-electron chi connectivity index (χ3n) is 6.65. The van der Waals surface area contributed by atoms with Crippen LogP contribution in [0, 0.1) is 0 Å². The number of fused-ring (bicyclic) bond motifs is 1. The molecular weight excluding hydrogens is 486 g/mol. The number of hydrogen-bond donors (Lipinski definition) is 1. The van der Waals surface area contributed by atoms with E-state index in [0.29, 0.717) is 59.9 Å². The number of furan rings is 1. The highest BCUT2D eigenvalue weighted by molar-refractivity contribution is 6.14. The van der Waals surface area contributed by atoms with Crippen molar-refractivity contribution in [2.24, 2.45) is 0 Å². The topological polar surface area (TPSA) is 93.5 Å². The SMILES string of the molecule is COc1ccc(N2CCN(C(=O)c3oc4ccccc4c3NC(=O)c3cc(OC)cc(OC)c3)CC2)cc1. The first kappa shape index (κ1) is 25.0. The number of piperazine rings is 1. The molecule has 2 heterocycles. The van der Waals surface area contributed by atoms with Crippen LogP contribution in [-0.4, -0.2) is 64.2 Å². The molecule has 0 unspecified atom stereocenters. The maximum atomic E-state index is 13.6. The van der Waals surface area contributed by atoms with Crippen LogP contribution in [0.2, 0.25) is 0 Å². The molecule has 0 aliphatic carbocycles. The van der Waals surface area contributed by atoms with E-state index >= 15 is 0 Å². The predicted molar refractivity (Wildman–Crippen MR) is 145 cm³/mol. The molecule has 2 amide bonds. The normalized spacial score (nSPS) is 13.3. The number of nitrogens with zero attached hydrogens (tertiary/aromatic N) is 2. The summed E-state index contributed by atoms with van der Waals surface area (Å²) in [5.41, 5.74) is 2.27. The van der Waals surface area contributed by atoms with Gasteiger partial charge in [0.1, 0.15) is 28.5 Å². The molecule has 196 valence electrons. The first-order chi connectivity index (χ1) is 18.5. The number of carbonyl (C=O) groups is 2. The Morgan fingerprint density at radius 2 is 1.42 bits per heavy atom. The predicted octanol–water partition coefficient (Wildman–Crippen LogP) is 4.67.